The fourth-order valence-corrected chi connectivity index (χ4v) is 3.70. The van der Waals surface area contributed by atoms with E-state index in [1.54, 1.807) is 38.3 Å². The van der Waals surface area contributed by atoms with Crippen molar-refractivity contribution in [3.8, 4) is 17.0 Å². The van der Waals surface area contributed by atoms with E-state index in [2.05, 4.69) is 15.1 Å². The van der Waals surface area contributed by atoms with E-state index in [4.69, 9.17) is 9.47 Å². The maximum atomic E-state index is 12.8. The number of rotatable bonds is 6. The second kappa shape index (κ2) is 8.50. The Bertz CT molecular complexity index is 1290. The van der Waals surface area contributed by atoms with Crippen molar-refractivity contribution in [1.82, 2.24) is 19.6 Å². The topological polar surface area (TPSA) is 95.7 Å². The number of nitrogens with zero attached hydrogens (tertiary/aromatic N) is 4. The first-order valence-corrected chi connectivity index (χ1v) is 10.2. The lowest BCUT2D eigenvalue weighted by molar-refractivity contribution is -0.139. The Kier molecular flexibility index (Phi) is 5.62. The highest BCUT2D eigenvalue weighted by Crippen LogP contribution is 2.24. The molecule has 8 nitrogen and oxygen atoms in total. The summed E-state index contributed by atoms with van der Waals surface area (Å²) >= 11 is 1.18. The van der Waals surface area contributed by atoms with Crippen molar-refractivity contribution in [3.63, 3.8) is 0 Å². The molecule has 2 aromatic carbocycles. The predicted molar refractivity (Wildman–Crippen MR) is 114 cm³/mol. The van der Waals surface area contributed by atoms with E-state index in [1.807, 2.05) is 24.3 Å². The monoisotopic (exact) mass is 422 g/mol. The minimum Gasteiger partial charge on any atom is -0.497 e. The molecule has 0 saturated heterocycles. The number of carbonyl (C=O) groups is 1. The largest absolute Gasteiger partial charge is 0.497 e. The number of benzene rings is 2. The second-order valence-electron chi connectivity index (χ2n) is 6.23. The van der Waals surface area contributed by atoms with Gasteiger partial charge in [0.25, 0.3) is 5.56 Å². The molecule has 0 bridgehead atoms. The number of aromatic nitrogens is 4. The van der Waals surface area contributed by atoms with Gasteiger partial charge < -0.3 is 9.47 Å². The first-order chi connectivity index (χ1) is 14.6. The van der Waals surface area contributed by atoms with Crippen LogP contribution in [0.15, 0.2) is 58.5 Å². The third-order valence-corrected chi connectivity index (χ3v) is 5.24. The summed E-state index contributed by atoms with van der Waals surface area (Å²) in [6.07, 6.45) is 0. The molecule has 0 spiro atoms. The Morgan fingerprint density at radius 1 is 1.10 bits per heavy atom. The first-order valence-electron chi connectivity index (χ1n) is 9.23. The molecule has 30 heavy (non-hydrogen) atoms. The van der Waals surface area contributed by atoms with Crippen molar-refractivity contribution in [2.45, 2.75) is 12.1 Å². The highest BCUT2D eigenvalue weighted by atomic mass is 32.2. The van der Waals surface area contributed by atoms with Crippen LogP contribution in [0.25, 0.3) is 27.8 Å². The van der Waals surface area contributed by atoms with Gasteiger partial charge in [0, 0.05) is 10.9 Å². The van der Waals surface area contributed by atoms with E-state index in [0.29, 0.717) is 39.6 Å². The van der Waals surface area contributed by atoms with Crippen molar-refractivity contribution >= 4 is 34.3 Å². The van der Waals surface area contributed by atoms with Crippen molar-refractivity contribution in [2.75, 3.05) is 19.5 Å². The summed E-state index contributed by atoms with van der Waals surface area (Å²) in [6.45, 7) is 2.06. The zero-order chi connectivity index (χ0) is 21.1. The molecule has 0 amide bonds. The number of hydrogen-bond donors (Lipinski definition) is 0. The highest BCUT2D eigenvalue weighted by molar-refractivity contribution is 7.99. The summed E-state index contributed by atoms with van der Waals surface area (Å²) < 4.78 is 11.7. The lowest BCUT2D eigenvalue weighted by atomic mass is 10.1. The van der Waals surface area contributed by atoms with Crippen LogP contribution in [0.4, 0.5) is 0 Å². The van der Waals surface area contributed by atoms with Crippen molar-refractivity contribution in [1.29, 1.82) is 0 Å². The van der Waals surface area contributed by atoms with Crippen LogP contribution in [0.2, 0.25) is 0 Å². The normalized spacial score (nSPS) is 11.0. The van der Waals surface area contributed by atoms with Crippen LogP contribution in [0.5, 0.6) is 5.75 Å². The molecule has 152 valence electrons. The Hall–Kier alpha value is -3.46. The minimum absolute atomic E-state index is 0.0694. The molecular formula is C21H18N4O4S. The number of carbonyl (C=O) groups excluding carboxylic acids is 1. The van der Waals surface area contributed by atoms with Crippen LogP contribution in [0.1, 0.15) is 6.92 Å². The minimum atomic E-state index is -0.446. The summed E-state index contributed by atoms with van der Waals surface area (Å²) in [4.78, 5) is 33.5. The van der Waals surface area contributed by atoms with E-state index >= 15 is 0 Å². The number of esters is 1. The van der Waals surface area contributed by atoms with Crippen LogP contribution in [0.3, 0.4) is 0 Å². The number of methoxy groups -OCH3 is 1. The molecule has 0 radical (unpaired) electrons. The average molecular weight is 422 g/mol. The molecule has 4 rings (SSSR count). The molecule has 0 aliphatic rings. The van der Waals surface area contributed by atoms with Gasteiger partial charge in [-0.1, -0.05) is 23.9 Å². The van der Waals surface area contributed by atoms with Gasteiger partial charge in [0.2, 0.25) is 0 Å². The van der Waals surface area contributed by atoms with Gasteiger partial charge in [-0.05, 0) is 43.3 Å². The maximum absolute atomic E-state index is 12.8. The van der Waals surface area contributed by atoms with Gasteiger partial charge in [-0.25, -0.2) is 4.98 Å². The number of hydrogen-bond acceptors (Lipinski definition) is 8. The van der Waals surface area contributed by atoms with Crippen LogP contribution < -0.4 is 10.3 Å². The van der Waals surface area contributed by atoms with Gasteiger partial charge in [-0.15, -0.1) is 0 Å². The fraction of sp³-hybridized carbons (Fsp3) is 0.190. The van der Waals surface area contributed by atoms with Crippen LogP contribution in [-0.4, -0.2) is 45.0 Å². The fourth-order valence-electron chi connectivity index (χ4n) is 2.95. The Balaban J connectivity index is 1.89. The Labute approximate surface area is 175 Å². The molecular weight excluding hydrogens is 404 g/mol. The van der Waals surface area contributed by atoms with Gasteiger partial charge >= 0.3 is 5.97 Å². The van der Waals surface area contributed by atoms with Crippen molar-refractivity contribution < 1.29 is 14.3 Å². The summed E-state index contributed by atoms with van der Waals surface area (Å²) in [7, 11) is 1.57. The average Bonchev–Trinajstić information content (AvgIpc) is 2.77. The molecule has 0 atom stereocenters. The molecule has 4 aromatic rings. The summed E-state index contributed by atoms with van der Waals surface area (Å²) in [5, 5.41) is 5.68. The maximum Gasteiger partial charge on any atom is 0.316 e. The SMILES string of the molecule is CCOC(=O)CSc1nc2ccccc2c2nc(=O)c(-c3ccc(OC)cc3)nn12. The second-order valence-corrected chi connectivity index (χ2v) is 7.18. The quantitative estimate of drug-likeness (QED) is 0.203. The van der Waals surface area contributed by atoms with Gasteiger partial charge in [0.15, 0.2) is 16.5 Å². The Morgan fingerprint density at radius 3 is 2.60 bits per heavy atom. The van der Waals surface area contributed by atoms with Crippen LogP contribution >= 0.6 is 11.8 Å². The molecule has 0 unspecified atom stereocenters. The molecule has 2 heterocycles. The number of para-hydroxylation sites is 1. The highest BCUT2D eigenvalue weighted by Gasteiger charge is 2.16. The van der Waals surface area contributed by atoms with Crippen molar-refractivity contribution in [3.05, 3.63) is 58.9 Å². The molecule has 0 N–H and O–H groups in total. The molecule has 0 aliphatic carbocycles. The van der Waals surface area contributed by atoms with Gasteiger partial charge in [-0.3, -0.25) is 9.59 Å². The zero-order valence-corrected chi connectivity index (χ0v) is 17.2. The number of ether oxygens (including phenoxy) is 2. The number of thioether (sulfide) groups is 1. The molecule has 0 saturated carbocycles. The van der Waals surface area contributed by atoms with Crippen molar-refractivity contribution in [2.24, 2.45) is 0 Å². The first kappa shape index (κ1) is 19.8. The van der Waals surface area contributed by atoms with Gasteiger partial charge in [0.1, 0.15) is 5.75 Å². The van der Waals surface area contributed by atoms with E-state index < -0.39 is 5.56 Å². The van der Waals surface area contributed by atoms with E-state index in [9.17, 15) is 9.59 Å². The standard InChI is InChI=1S/C21H18N4O4S/c1-3-29-17(26)12-30-21-22-16-7-5-4-6-15(16)19-23-20(27)18(24-25(19)21)13-8-10-14(28-2)11-9-13/h4-11H,3,12H2,1-2H3. The lowest BCUT2D eigenvalue weighted by Gasteiger charge is -2.11. The Morgan fingerprint density at radius 2 is 1.87 bits per heavy atom. The van der Waals surface area contributed by atoms with Gasteiger partial charge in [-0.2, -0.15) is 14.6 Å². The third kappa shape index (κ3) is 3.84. The van der Waals surface area contributed by atoms with Crippen LogP contribution in [0, 0.1) is 0 Å². The summed E-state index contributed by atoms with van der Waals surface area (Å²) in [5.41, 5.74) is 1.39. The molecule has 2 aromatic heterocycles. The van der Waals surface area contributed by atoms with Crippen LogP contribution in [-0.2, 0) is 9.53 Å². The lowest BCUT2D eigenvalue weighted by Crippen LogP contribution is -2.18. The van der Waals surface area contributed by atoms with E-state index in [1.165, 1.54) is 16.3 Å². The van der Waals surface area contributed by atoms with Gasteiger partial charge in [0.05, 0.1) is 25.0 Å². The predicted octanol–water partition coefficient (Wildman–Crippen LogP) is 2.97. The molecule has 0 fully saturated rings. The van der Waals surface area contributed by atoms with E-state index in [-0.39, 0.29) is 17.4 Å². The smallest absolute Gasteiger partial charge is 0.316 e. The third-order valence-electron chi connectivity index (χ3n) is 4.34. The molecule has 9 heteroatoms. The van der Waals surface area contributed by atoms with E-state index in [0.717, 1.165) is 0 Å². The summed E-state index contributed by atoms with van der Waals surface area (Å²) in [6, 6.07) is 14.3. The number of fused-ring (bicyclic) bond motifs is 3. The molecule has 0 aliphatic heterocycles. The zero-order valence-electron chi connectivity index (χ0n) is 16.4. The summed E-state index contributed by atoms with van der Waals surface area (Å²) in [5.74, 6) is 0.390.